The molecule has 0 aromatic heterocycles. The van der Waals surface area contributed by atoms with Crippen LogP contribution in [0.3, 0.4) is 0 Å². The molecule has 4 nitrogen and oxygen atoms in total. The Kier molecular flexibility index (Phi) is 5.91. The smallest absolute Gasteiger partial charge is 0.248 e. The van der Waals surface area contributed by atoms with Gasteiger partial charge in [-0.1, -0.05) is 28.1 Å². The van der Waals surface area contributed by atoms with Crippen molar-refractivity contribution in [2.45, 2.75) is 6.42 Å². The van der Waals surface area contributed by atoms with Gasteiger partial charge in [0, 0.05) is 22.3 Å². The highest BCUT2D eigenvalue weighted by molar-refractivity contribution is 9.10. The molecular formula is C16H16BrN3OS. The summed E-state index contributed by atoms with van der Waals surface area (Å²) in [6.45, 7) is 0.738. The predicted octanol–water partition coefficient (Wildman–Crippen LogP) is 3.08. The summed E-state index contributed by atoms with van der Waals surface area (Å²) in [5, 5.41) is 6.76. The molecule has 0 radical (unpaired) electrons. The van der Waals surface area contributed by atoms with E-state index in [0.717, 1.165) is 23.1 Å². The van der Waals surface area contributed by atoms with Crippen LogP contribution in [0.1, 0.15) is 15.9 Å². The fourth-order valence-corrected chi connectivity index (χ4v) is 2.57. The number of hydrogen-bond acceptors (Lipinski definition) is 2. The number of thiocarbonyl (C=S) groups is 1. The molecule has 114 valence electrons. The number of carbonyl (C=O) groups is 1. The lowest BCUT2D eigenvalue weighted by Gasteiger charge is -2.11. The van der Waals surface area contributed by atoms with Gasteiger partial charge in [0.05, 0.1) is 0 Å². The highest BCUT2D eigenvalue weighted by atomic mass is 79.9. The first-order chi connectivity index (χ1) is 10.5. The third-order valence-corrected chi connectivity index (χ3v) is 3.76. The molecule has 0 aliphatic carbocycles. The quantitative estimate of drug-likeness (QED) is 0.700. The van der Waals surface area contributed by atoms with Gasteiger partial charge in [0.15, 0.2) is 5.11 Å². The molecule has 1 amide bonds. The minimum Gasteiger partial charge on any atom is -0.366 e. The number of hydrogen-bond donors (Lipinski definition) is 3. The van der Waals surface area contributed by atoms with Crippen molar-refractivity contribution in [1.29, 1.82) is 0 Å². The summed E-state index contributed by atoms with van der Waals surface area (Å²) in [6.07, 6.45) is 0.877. The number of halogens is 1. The third kappa shape index (κ3) is 5.13. The zero-order valence-electron chi connectivity index (χ0n) is 11.8. The summed E-state index contributed by atoms with van der Waals surface area (Å²) >= 11 is 8.69. The van der Waals surface area contributed by atoms with Gasteiger partial charge >= 0.3 is 0 Å². The molecule has 2 rings (SSSR count). The van der Waals surface area contributed by atoms with E-state index >= 15 is 0 Å². The van der Waals surface area contributed by atoms with Crippen LogP contribution in [0.5, 0.6) is 0 Å². The minimum atomic E-state index is -0.443. The van der Waals surface area contributed by atoms with E-state index in [-0.39, 0.29) is 0 Å². The molecule has 2 aromatic rings. The Balaban J connectivity index is 1.79. The van der Waals surface area contributed by atoms with Crippen LogP contribution in [0.15, 0.2) is 53.0 Å². The van der Waals surface area contributed by atoms with Gasteiger partial charge in [-0.05, 0) is 60.6 Å². The summed E-state index contributed by atoms with van der Waals surface area (Å²) in [5.41, 5.74) is 7.71. The topological polar surface area (TPSA) is 67.2 Å². The van der Waals surface area contributed by atoms with E-state index in [1.54, 1.807) is 24.3 Å². The Morgan fingerprint density at radius 2 is 1.91 bits per heavy atom. The van der Waals surface area contributed by atoms with Crippen molar-refractivity contribution in [2.24, 2.45) is 5.73 Å². The monoisotopic (exact) mass is 377 g/mol. The molecule has 0 unspecified atom stereocenters. The highest BCUT2D eigenvalue weighted by Crippen LogP contribution is 2.12. The Bertz CT molecular complexity index is 673. The molecule has 0 fully saturated rings. The zero-order valence-corrected chi connectivity index (χ0v) is 14.2. The first-order valence-electron chi connectivity index (χ1n) is 6.74. The molecule has 0 bridgehead atoms. The standard InChI is InChI=1S/C16H16BrN3OS/c17-13-3-1-2-11(10-13)8-9-19-16(22)20-14-6-4-12(5-7-14)15(18)21/h1-7,10H,8-9H2,(H2,18,21)(H2,19,20,22). The molecule has 0 spiro atoms. The Hall–Kier alpha value is -1.92. The molecule has 6 heteroatoms. The lowest BCUT2D eigenvalue weighted by Crippen LogP contribution is -2.30. The molecule has 0 atom stereocenters. The summed E-state index contributed by atoms with van der Waals surface area (Å²) in [5.74, 6) is -0.443. The van der Waals surface area contributed by atoms with Crippen LogP contribution < -0.4 is 16.4 Å². The molecule has 0 saturated carbocycles. The van der Waals surface area contributed by atoms with E-state index in [4.69, 9.17) is 18.0 Å². The van der Waals surface area contributed by atoms with E-state index in [1.165, 1.54) is 5.56 Å². The van der Waals surface area contributed by atoms with Gasteiger partial charge in [0.25, 0.3) is 0 Å². The first-order valence-corrected chi connectivity index (χ1v) is 7.94. The van der Waals surface area contributed by atoms with Crippen LogP contribution in [0.25, 0.3) is 0 Å². The average molecular weight is 378 g/mol. The van der Waals surface area contributed by atoms with Crippen molar-refractivity contribution in [3.8, 4) is 0 Å². The van der Waals surface area contributed by atoms with Crippen LogP contribution in [0.4, 0.5) is 5.69 Å². The fourth-order valence-electron chi connectivity index (χ4n) is 1.91. The van der Waals surface area contributed by atoms with Crippen molar-refractivity contribution < 1.29 is 4.79 Å². The number of benzene rings is 2. The average Bonchev–Trinajstić information content (AvgIpc) is 2.48. The highest BCUT2D eigenvalue weighted by Gasteiger charge is 2.01. The maximum atomic E-state index is 11.0. The molecule has 22 heavy (non-hydrogen) atoms. The minimum absolute atomic E-state index is 0.443. The molecule has 0 aliphatic rings. The second kappa shape index (κ2) is 7.91. The van der Waals surface area contributed by atoms with Gasteiger partial charge in [0.2, 0.25) is 5.91 Å². The molecule has 2 aromatic carbocycles. The maximum Gasteiger partial charge on any atom is 0.248 e. The van der Waals surface area contributed by atoms with Crippen LogP contribution in [0.2, 0.25) is 0 Å². The van der Waals surface area contributed by atoms with Gasteiger partial charge in [0.1, 0.15) is 0 Å². The van der Waals surface area contributed by atoms with Crippen LogP contribution in [-0.4, -0.2) is 17.6 Å². The van der Waals surface area contributed by atoms with Gasteiger partial charge < -0.3 is 16.4 Å². The number of nitrogens with one attached hydrogen (secondary N) is 2. The van der Waals surface area contributed by atoms with Gasteiger partial charge in [-0.15, -0.1) is 0 Å². The van der Waals surface area contributed by atoms with Crippen molar-refractivity contribution >= 4 is 44.9 Å². The number of primary amides is 1. The molecule has 0 heterocycles. The lowest BCUT2D eigenvalue weighted by atomic mass is 10.1. The van der Waals surface area contributed by atoms with E-state index < -0.39 is 5.91 Å². The second-order valence-electron chi connectivity index (χ2n) is 4.70. The van der Waals surface area contributed by atoms with Crippen LogP contribution >= 0.6 is 28.1 Å². The van der Waals surface area contributed by atoms with Crippen molar-refractivity contribution in [1.82, 2.24) is 5.32 Å². The number of amides is 1. The zero-order chi connectivity index (χ0) is 15.9. The summed E-state index contributed by atoms with van der Waals surface area (Å²) in [6, 6.07) is 15.0. The van der Waals surface area contributed by atoms with Gasteiger partial charge in [-0.3, -0.25) is 4.79 Å². The summed E-state index contributed by atoms with van der Waals surface area (Å²) < 4.78 is 1.07. The Morgan fingerprint density at radius 1 is 1.18 bits per heavy atom. The first kappa shape index (κ1) is 16.5. The van der Waals surface area contributed by atoms with Crippen LogP contribution in [0, 0.1) is 0 Å². The molecule has 4 N–H and O–H groups in total. The van der Waals surface area contributed by atoms with E-state index in [0.29, 0.717) is 10.7 Å². The number of rotatable bonds is 5. The summed E-state index contributed by atoms with van der Waals surface area (Å²) in [4.78, 5) is 11.0. The van der Waals surface area contributed by atoms with Gasteiger partial charge in [-0.2, -0.15) is 0 Å². The van der Waals surface area contributed by atoms with E-state index in [9.17, 15) is 4.79 Å². The Morgan fingerprint density at radius 3 is 2.55 bits per heavy atom. The molecular weight excluding hydrogens is 362 g/mol. The number of nitrogens with two attached hydrogens (primary N) is 1. The molecule has 0 aliphatic heterocycles. The maximum absolute atomic E-state index is 11.0. The SMILES string of the molecule is NC(=O)c1ccc(NC(=S)NCCc2cccc(Br)c2)cc1. The number of anilines is 1. The van der Waals surface area contributed by atoms with E-state index in [2.05, 4.69) is 38.7 Å². The van der Waals surface area contributed by atoms with Crippen molar-refractivity contribution in [3.63, 3.8) is 0 Å². The normalized spacial score (nSPS) is 10.0. The van der Waals surface area contributed by atoms with Crippen molar-refractivity contribution in [2.75, 3.05) is 11.9 Å². The molecule has 0 saturated heterocycles. The second-order valence-corrected chi connectivity index (χ2v) is 6.03. The van der Waals surface area contributed by atoms with Crippen molar-refractivity contribution in [3.05, 3.63) is 64.1 Å². The summed E-state index contributed by atoms with van der Waals surface area (Å²) in [7, 11) is 0. The third-order valence-electron chi connectivity index (χ3n) is 3.02. The predicted molar refractivity (Wildman–Crippen MR) is 97.0 cm³/mol. The van der Waals surface area contributed by atoms with Crippen LogP contribution in [-0.2, 0) is 6.42 Å². The van der Waals surface area contributed by atoms with E-state index in [1.807, 2.05) is 12.1 Å². The largest absolute Gasteiger partial charge is 0.366 e. The van der Waals surface area contributed by atoms with Gasteiger partial charge in [-0.25, -0.2) is 0 Å². The lowest BCUT2D eigenvalue weighted by molar-refractivity contribution is 0.100. The fraction of sp³-hybridized carbons (Fsp3) is 0.125. The Labute approximate surface area is 143 Å². The number of carbonyl (C=O) groups excluding carboxylic acids is 1.